The second kappa shape index (κ2) is 7.81. The minimum Gasteiger partial charge on any atom is -0.454 e. The Morgan fingerprint density at radius 1 is 1.23 bits per heavy atom. The number of Topliss-reactive ketones (excluding diaryl/α,β-unsaturated/α-hetero) is 1. The topological polar surface area (TPSA) is 90.3 Å². The molecule has 1 N–H and O–H groups in total. The maximum absolute atomic E-state index is 12.4. The third kappa shape index (κ3) is 5.16. The van der Waals surface area contributed by atoms with E-state index in [2.05, 4.69) is 10.3 Å². The van der Waals surface area contributed by atoms with Crippen LogP contribution in [0.25, 0.3) is 0 Å². The van der Waals surface area contributed by atoms with Gasteiger partial charge in [-0.15, -0.1) is 0 Å². The Kier molecular flexibility index (Phi) is 5.75. The van der Waals surface area contributed by atoms with Crippen LogP contribution in [0.2, 0.25) is 0 Å². The Labute approximate surface area is 145 Å². The monoisotopic (exact) mass is 369 g/mol. The van der Waals surface area contributed by atoms with Gasteiger partial charge in [-0.2, -0.15) is 13.2 Å². The van der Waals surface area contributed by atoms with Crippen LogP contribution in [0.1, 0.15) is 23.0 Å². The summed E-state index contributed by atoms with van der Waals surface area (Å²) in [5.41, 5.74) is -0.570. The van der Waals surface area contributed by atoms with Crippen LogP contribution in [-0.2, 0) is 27.0 Å². The van der Waals surface area contributed by atoms with E-state index in [4.69, 9.17) is 4.74 Å². The van der Waals surface area contributed by atoms with Crippen molar-refractivity contribution in [1.29, 1.82) is 0 Å². The van der Waals surface area contributed by atoms with Crippen LogP contribution in [0.4, 0.5) is 18.9 Å². The number of benzene rings is 1. The zero-order valence-electron chi connectivity index (χ0n) is 13.5. The molecule has 26 heavy (non-hydrogen) atoms. The lowest BCUT2D eigenvalue weighted by molar-refractivity contribution is -0.148. The van der Waals surface area contributed by atoms with Crippen molar-refractivity contribution in [1.82, 2.24) is 9.55 Å². The van der Waals surface area contributed by atoms with Gasteiger partial charge in [-0.25, -0.2) is 4.98 Å². The van der Waals surface area contributed by atoms with Crippen LogP contribution < -0.4 is 5.32 Å². The minimum absolute atomic E-state index is 0.251. The van der Waals surface area contributed by atoms with Crippen molar-refractivity contribution in [3.8, 4) is 0 Å². The number of halogens is 3. The molecule has 1 amide bonds. The number of para-hydroxylation sites is 1. The number of carbonyl (C=O) groups is 3. The van der Waals surface area contributed by atoms with Crippen LogP contribution in [-0.4, -0.2) is 33.8 Å². The number of alkyl halides is 3. The number of hydrogen-bond donors (Lipinski definition) is 1. The van der Waals surface area contributed by atoms with Crippen LogP contribution in [0.5, 0.6) is 0 Å². The van der Waals surface area contributed by atoms with Crippen molar-refractivity contribution in [3.05, 3.63) is 48.0 Å². The van der Waals surface area contributed by atoms with E-state index < -0.39 is 36.9 Å². The molecule has 0 saturated carbocycles. The van der Waals surface area contributed by atoms with E-state index in [1.807, 2.05) is 0 Å². The summed E-state index contributed by atoms with van der Waals surface area (Å²) in [6, 6.07) is 6.29. The zero-order valence-corrected chi connectivity index (χ0v) is 13.5. The van der Waals surface area contributed by atoms with E-state index in [1.54, 1.807) is 12.1 Å². The number of nitrogens with one attached hydrogen (secondary N) is 1. The summed E-state index contributed by atoms with van der Waals surface area (Å²) in [4.78, 5) is 38.0. The second-order valence-corrected chi connectivity index (χ2v) is 5.24. The number of ketones is 1. The highest BCUT2D eigenvalue weighted by Crippen LogP contribution is 2.27. The average Bonchev–Trinajstić information content (AvgIpc) is 3.02. The Hall–Kier alpha value is -3.17. The van der Waals surface area contributed by atoms with Gasteiger partial charge in [-0.3, -0.25) is 14.4 Å². The van der Waals surface area contributed by atoms with Crippen molar-refractivity contribution in [2.75, 3.05) is 11.9 Å². The number of aromatic nitrogens is 2. The van der Waals surface area contributed by atoms with E-state index >= 15 is 0 Å². The third-order valence-electron chi connectivity index (χ3n) is 3.18. The molecule has 1 aromatic carbocycles. The van der Waals surface area contributed by atoms with Gasteiger partial charge in [0.25, 0.3) is 5.91 Å². The molecule has 0 atom stereocenters. The van der Waals surface area contributed by atoms with Crippen molar-refractivity contribution in [3.63, 3.8) is 0 Å². The molecule has 0 bridgehead atoms. The highest BCUT2D eigenvalue weighted by Gasteiger charge is 2.33. The van der Waals surface area contributed by atoms with Crippen LogP contribution in [0.15, 0.2) is 36.8 Å². The minimum atomic E-state index is -4.61. The summed E-state index contributed by atoms with van der Waals surface area (Å²) in [7, 11) is 0. The Bertz CT molecular complexity index is 830. The molecule has 7 nitrogen and oxygen atoms in total. The molecule has 2 rings (SSSR count). The van der Waals surface area contributed by atoms with Crippen LogP contribution in [0, 0.1) is 0 Å². The molecule has 0 aliphatic carbocycles. The second-order valence-electron chi connectivity index (χ2n) is 5.24. The smallest absolute Gasteiger partial charge is 0.434 e. The van der Waals surface area contributed by atoms with Crippen molar-refractivity contribution >= 4 is 23.3 Å². The highest BCUT2D eigenvalue weighted by atomic mass is 19.4. The first-order chi connectivity index (χ1) is 12.2. The molecule has 0 fully saturated rings. The van der Waals surface area contributed by atoms with E-state index in [-0.39, 0.29) is 11.5 Å². The number of esters is 1. The van der Waals surface area contributed by atoms with Gasteiger partial charge in [0, 0.05) is 11.8 Å². The standard InChI is InChI=1S/C16H14F3N3O4/c1-10(23)11-4-2-3-5-12(11)21-14(24)8-26-15(25)7-22-6-13(20-9-22)16(17,18)19/h2-6,9H,7-8H2,1H3,(H,21,24). The van der Waals surface area contributed by atoms with E-state index in [0.29, 0.717) is 11.8 Å². The average molecular weight is 369 g/mol. The Balaban J connectivity index is 1.87. The van der Waals surface area contributed by atoms with Gasteiger partial charge >= 0.3 is 12.1 Å². The largest absolute Gasteiger partial charge is 0.454 e. The summed E-state index contributed by atoms with van der Waals surface area (Å²) in [6.45, 7) is 0.164. The Morgan fingerprint density at radius 3 is 2.54 bits per heavy atom. The van der Waals surface area contributed by atoms with Crippen molar-refractivity contribution < 1.29 is 32.3 Å². The summed E-state index contributed by atoms with van der Waals surface area (Å²) < 4.78 is 42.9. The molecule has 1 heterocycles. The number of nitrogens with zero attached hydrogens (tertiary/aromatic N) is 2. The van der Waals surface area contributed by atoms with Gasteiger partial charge in [0.1, 0.15) is 6.54 Å². The fourth-order valence-electron chi connectivity index (χ4n) is 2.02. The lowest BCUT2D eigenvalue weighted by Gasteiger charge is -2.09. The number of carbonyl (C=O) groups excluding carboxylic acids is 3. The van der Waals surface area contributed by atoms with Crippen LogP contribution in [0.3, 0.4) is 0 Å². The van der Waals surface area contributed by atoms with Crippen molar-refractivity contribution in [2.45, 2.75) is 19.6 Å². The molecule has 0 saturated heterocycles. The van der Waals surface area contributed by atoms with Gasteiger partial charge in [0.15, 0.2) is 18.1 Å². The molecular formula is C16H14F3N3O4. The molecule has 10 heteroatoms. The molecule has 0 spiro atoms. The molecular weight excluding hydrogens is 355 g/mol. The maximum atomic E-state index is 12.4. The first-order valence-corrected chi connectivity index (χ1v) is 7.31. The fourth-order valence-corrected chi connectivity index (χ4v) is 2.02. The number of hydrogen-bond acceptors (Lipinski definition) is 5. The summed E-state index contributed by atoms with van der Waals surface area (Å²) in [6.07, 6.45) is -3.11. The highest BCUT2D eigenvalue weighted by molar-refractivity contribution is 6.04. The first-order valence-electron chi connectivity index (χ1n) is 7.31. The number of rotatable bonds is 6. The lowest BCUT2D eigenvalue weighted by Crippen LogP contribution is -2.23. The van der Waals surface area contributed by atoms with E-state index in [9.17, 15) is 27.6 Å². The predicted octanol–water partition coefficient (Wildman–Crippen LogP) is 2.29. The van der Waals surface area contributed by atoms with E-state index in [1.165, 1.54) is 19.1 Å². The SMILES string of the molecule is CC(=O)c1ccccc1NC(=O)COC(=O)Cn1cnc(C(F)(F)F)c1. The van der Waals surface area contributed by atoms with Gasteiger partial charge in [-0.1, -0.05) is 12.1 Å². The number of anilines is 1. The normalized spacial score (nSPS) is 11.1. The van der Waals surface area contributed by atoms with Gasteiger partial charge < -0.3 is 14.6 Å². The summed E-state index contributed by atoms with van der Waals surface area (Å²) >= 11 is 0. The molecule has 1 aromatic heterocycles. The van der Waals surface area contributed by atoms with Gasteiger partial charge in [0.05, 0.1) is 12.0 Å². The summed E-state index contributed by atoms with van der Waals surface area (Å²) in [5.74, 6) is -1.85. The van der Waals surface area contributed by atoms with Gasteiger partial charge in [0.2, 0.25) is 0 Å². The third-order valence-corrected chi connectivity index (χ3v) is 3.18. The van der Waals surface area contributed by atoms with Crippen LogP contribution >= 0.6 is 0 Å². The molecule has 0 aliphatic rings. The molecule has 0 unspecified atom stereocenters. The van der Waals surface area contributed by atoms with Crippen molar-refractivity contribution in [2.24, 2.45) is 0 Å². The quantitative estimate of drug-likeness (QED) is 0.623. The fraction of sp³-hybridized carbons (Fsp3) is 0.250. The summed E-state index contributed by atoms with van der Waals surface area (Å²) in [5, 5.41) is 2.43. The molecule has 0 radical (unpaired) electrons. The molecule has 138 valence electrons. The zero-order chi connectivity index (χ0) is 19.3. The number of ether oxygens (including phenoxy) is 1. The van der Waals surface area contributed by atoms with E-state index in [0.717, 1.165) is 10.9 Å². The molecule has 0 aliphatic heterocycles. The first kappa shape index (κ1) is 19.2. The predicted molar refractivity (Wildman–Crippen MR) is 83.3 cm³/mol. The van der Waals surface area contributed by atoms with Gasteiger partial charge in [-0.05, 0) is 19.1 Å². The number of imidazole rings is 1. The lowest BCUT2D eigenvalue weighted by atomic mass is 10.1. The Morgan fingerprint density at radius 2 is 1.92 bits per heavy atom. The maximum Gasteiger partial charge on any atom is 0.434 e. The molecule has 2 aromatic rings. The number of amides is 1.